The van der Waals surface area contributed by atoms with E-state index in [9.17, 15) is 0 Å². The van der Waals surface area contributed by atoms with E-state index in [2.05, 4.69) is 17.4 Å². The van der Waals surface area contributed by atoms with Crippen molar-refractivity contribution in [2.75, 3.05) is 20.8 Å². The van der Waals surface area contributed by atoms with Crippen LogP contribution in [-0.4, -0.2) is 20.8 Å². The maximum absolute atomic E-state index is 5.87. The fourth-order valence-corrected chi connectivity index (χ4v) is 2.23. The van der Waals surface area contributed by atoms with E-state index < -0.39 is 0 Å². The normalized spacial score (nSPS) is 9.95. The number of halogens is 2. The van der Waals surface area contributed by atoms with E-state index in [-0.39, 0.29) is 12.4 Å². The van der Waals surface area contributed by atoms with Gasteiger partial charge in [0.2, 0.25) is 0 Å². The standard InChI is InChI=1S/C17H20ClNO2.ClH/c1-20-16-8-5-14(11-17(16)21-2)12-19-10-9-13-3-6-15(18)7-4-13;/h3-8,11,19H,9-10,12H2,1-2H3;1H/p-1. The number of rotatable bonds is 7. The Morgan fingerprint density at radius 3 is 2.18 bits per heavy atom. The second-order valence-corrected chi connectivity index (χ2v) is 5.18. The molecule has 1 N–H and O–H groups in total. The Bertz CT molecular complexity index is 573. The van der Waals surface area contributed by atoms with E-state index in [0.29, 0.717) is 0 Å². The third-order valence-corrected chi connectivity index (χ3v) is 3.53. The Morgan fingerprint density at radius 2 is 1.55 bits per heavy atom. The summed E-state index contributed by atoms with van der Waals surface area (Å²) in [5.41, 5.74) is 2.45. The average molecular weight is 341 g/mol. The Balaban J connectivity index is 0.00000242. The molecule has 120 valence electrons. The highest BCUT2D eigenvalue weighted by Crippen LogP contribution is 2.27. The van der Waals surface area contributed by atoms with Crippen molar-refractivity contribution in [3.63, 3.8) is 0 Å². The largest absolute Gasteiger partial charge is 1.00 e. The highest BCUT2D eigenvalue weighted by molar-refractivity contribution is 6.30. The zero-order valence-corrected chi connectivity index (χ0v) is 14.2. The molecule has 0 spiro atoms. The number of nitrogens with one attached hydrogen (secondary N) is 1. The van der Waals surface area contributed by atoms with Crippen molar-refractivity contribution >= 4 is 11.6 Å². The topological polar surface area (TPSA) is 30.5 Å². The summed E-state index contributed by atoms with van der Waals surface area (Å²) in [6.45, 7) is 1.71. The maximum Gasteiger partial charge on any atom is 0.161 e. The van der Waals surface area contributed by atoms with Crippen LogP contribution in [0.1, 0.15) is 11.1 Å². The minimum absolute atomic E-state index is 0. The van der Waals surface area contributed by atoms with Crippen LogP contribution >= 0.6 is 11.6 Å². The molecule has 0 radical (unpaired) electrons. The van der Waals surface area contributed by atoms with Gasteiger partial charge in [-0.2, -0.15) is 0 Å². The second-order valence-electron chi connectivity index (χ2n) is 4.74. The molecule has 2 rings (SSSR count). The second kappa shape index (κ2) is 9.57. The zero-order valence-electron chi connectivity index (χ0n) is 12.7. The van der Waals surface area contributed by atoms with Crippen molar-refractivity contribution in [2.45, 2.75) is 13.0 Å². The lowest BCUT2D eigenvalue weighted by atomic mass is 10.1. The average Bonchev–Trinajstić information content (AvgIpc) is 2.53. The number of hydrogen-bond acceptors (Lipinski definition) is 3. The predicted molar refractivity (Wildman–Crippen MR) is 86.4 cm³/mol. The van der Waals surface area contributed by atoms with Crippen LogP contribution in [0.25, 0.3) is 0 Å². The predicted octanol–water partition coefficient (Wildman–Crippen LogP) is 0.693. The van der Waals surface area contributed by atoms with E-state index in [0.717, 1.165) is 36.0 Å². The number of hydrogen-bond donors (Lipinski definition) is 1. The van der Waals surface area contributed by atoms with Gasteiger partial charge in [0.1, 0.15) is 0 Å². The molecule has 0 heterocycles. The van der Waals surface area contributed by atoms with Gasteiger partial charge >= 0.3 is 0 Å². The van der Waals surface area contributed by atoms with E-state index in [1.807, 2.05) is 30.3 Å². The summed E-state index contributed by atoms with van der Waals surface area (Å²) in [5, 5.41) is 4.20. The summed E-state index contributed by atoms with van der Waals surface area (Å²) >= 11 is 5.87. The molecule has 22 heavy (non-hydrogen) atoms. The van der Waals surface area contributed by atoms with Crippen LogP contribution in [0.2, 0.25) is 5.02 Å². The minimum Gasteiger partial charge on any atom is -1.00 e. The first-order chi connectivity index (χ1) is 10.2. The summed E-state index contributed by atoms with van der Waals surface area (Å²) in [6, 6.07) is 13.9. The minimum atomic E-state index is 0. The van der Waals surface area contributed by atoms with Crippen molar-refractivity contribution in [3.05, 3.63) is 58.6 Å². The Kier molecular flexibility index (Phi) is 8.10. The fraction of sp³-hybridized carbons (Fsp3) is 0.294. The van der Waals surface area contributed by atoms with Gasteiger partial charge in [-0.05, 0) is 48.4 Å². The van der Waals surface area contributed by atoms with Gasteiger partial charge in [-0.3, -0.25) is 0 Å². The summed E-state index contributed by atoms with van der Waals surface area (Å²) < 4.78 is 10.5. The summed E-state index contributed by atoms with van der Waals surface area (Å²) in [7, 11) is 3.29. The van der Waals surface area contributed by atoms with Gasteiger partial charge in [-0.25, -0.2) is 0 Å². The smallest absolute Gasteiger partial charge is 0.161 e. The van der Waals surface area contributed by atoms with E-state index in [4.69, 9.17) is 21.1 Å². The molecule has 0 aromatic heterocycles. The lowest BCUT2D eigenvalue weighted by Gasteiger charge is -2.10. The van der Waals surface area contributed by atoms with Gasteiger partial charge < -0.3 is 27.2 Å². The summed E-state index contributed by atoms with van der Waals surface area (Å²) in [5.74, 6) is 1.51. The highest BCUT2D eigenvalue weighted by Gasteiger charge is 2.04. The van der Waals surface area contributed by atoms with Gasteiger partial charge in [0.15, 0.2) is 11.5 Å². The van der Waals surface area contributed by atoms with Crippen LogP contribution < -0.4 is 27.2 Å². The van der Waals surface area contributed by atoms with E-state index in [1.54, 1.807) is 14.2 Å². The molecule has 3 nitrogen and oxygen atoms in total. The molecule has 0 bridgehead atoms. The van der Waals surface area contributed by atoms with E-state index >= 15 is 0 Å². The van der Waals surface area contributed by atoms with Gasteiger partial charge in [-0.15, -0.1) is 0 Å². The molecule has 5 heteroatoms. The highest BCUT2D eigenvalue weighted by atomic mass is 35.5. The van der Waals surface area contributed by atoms with Crippen molar-refractivity contribution in [1.29, 1.82) is 0 Å². The molecule has 0 saturated heterocycles. The Labute approximate surface area is 143 Å². The van der Waals surface area contributed by atoms with Crippen LogP contribution in [-0.2, 0) is 13.0 Å². The van der Waals surface area contributed by atoms with Crippen LogP contribution in [0.4, 0.5) is 0 Å². The lowest BCUT2D eigenvalue weighted by Crippen LogP contribution is -3.00. The zero-order chi connectivity index (χ0) is 15.1. The first-order valence-electron chi connectivity index (χ1n) is 6.89. The molecule has 0 aliphatic carbocycles. The number of benzene rings is 2. The number of methoxy groups -OCH3 is 2. The molecule has 0 fully saturated rings. The third-order valence-electron chi connectivity index (χ3n) is 3.28. The molecule has 0 aliphatic rings. The van der Waals surface area contributed by atoms with Crippen LogP contribution in [0.3, 0.4) is 0 Å². The van der Waals surface area contributed by atoms with Crippen LogP contribution in [0.15, 0.2) is 42.5 Å². The molecule has 0 amide bonds. The van der Waals surface area contributed by atoms with Gasteiger partial charge in [0.05, 0.1) is 14.2 Å². The number of ether oxygens (including phenoxy) is 2. The molecule has 2 aromatic rings. The summed E-state index contributed by atoms with van der Waals surface area (Å²) in [6.07, 6.45) is 0.977. The van der Waals surface area contributed by atoms with Crippen molar-refractivity contribution in [2.24, 2.45) is 0 Å². The SMILES string of the molecule is COc1ccc(CNCCc2ccc(Cl)cc2)cc1OC.[Cl-]. The van der Waals surface area contributed by atoms with Crippen LogP contribution in [0.5, 0.6) is 11.5 Å². The molecule has 0 atom stereocenters. The molecule has 0 saturated carbocycles. The molecular weight excluding hydrogens is 321 g/mol. The van der Waals surface area contributed by atoms with Crippen molar-refractivity contribution in [3.8, 4) is 11.5 Å². The Morgan fingerprint density at radius 1 is 0.909 bits per heavy atom. The van der Waals surface area contributed by atoms with Gasteiger partial charge in [0.25, 0.3) is 0 Å². The quantitative estimate of drug-likeness (QED) is 0.752. The van der Waals surface area contributed by atoms with E-state index in [1.165, 1.54) is 11.1 Å². The lowest BCUT2D eigenvalue weighted by molar-refractivity contribution is -0.00000476. The molecule has 0 aliphatic heterocycles. The van der Waals surface area contributed by atoms with Crippen molar-refractivity contribution in [1.82, 2.24) is 5.32 Å². The third kappa shape index (κ3) is 5.41. The van der Waals surface area contributed by atoms with Crippen molar-refractivity contribution < 1.29 is 21.9 Å². The maximum atomic E-state index is 5.87. The molecule has 0 unspecified atom stereocenters. The first kappa shape index (κ1) is 18.6. The monoisotopic (exact) mass is 340 g/mol. The molecular formula is C17H20Cl2NO2-. The van der Waals surface area contributed by atoms with Gasteiger partial charge in [-0.1, -0.05) is 29.8 Å². The Hall–Kier alpha value is -1.42. The summed E-state index contributed by atoms with van der Waals surface area (Å²) in [4.78, 5) is 0. The van der Waals surface area contributed by atoms with Gasteiger partial charge in [0, 0.05) is 11.6 Å². The molecule has 2 aromatic carbocycles. The van der Waals surface area contributed by atoms with Crippen LogP contribution in [0, 0.1) is 0 Å². The first-order valence-corrected chi connectivity index (χ1v) is 7.27. The fourth-order valence-electron chi connectivity index (χ4n) is 2.11.